The van der Waals surface area contributed by atoms with Gasteiger partial charge in [-0.1, -0.05) is 90.9 Å². The molecule has 6 heteroatoms. The molecule has 32 heavy (non-hydrogen) atoms. The van der Waals surface area contributed by atoms with Gasteiger partial charge in [-0.3, -0.25) is 0 Å². The van der Waals surface area contributed by atoms with Crippen molar-refractivity contribution in [3.63, 3.8) is 0 Å². The lowest BCUT2D eigenvalue weighted by Crippen LogP contribution is -2.21. The largest absolute Gasteiger partial charge is 0.394 e. The van der Waals surface area contributed by atoms with Gasteiger partial charge in [-0.2, -0.15) is 0 Å². The van der Waals surface area contributed by atoms with E-state index in [2.05, 4.69) is 13.8 Å². The molecule has 194 valence electrons. The van der Waals surface area contributed by atoms with Crippen molar-refractivity contribution in [1.29, 1.82) is 0 Å². The van der Waals surface area contributed by atoms with E-state index in [4.69, 9.17) is 18.9 Å². The fraction of sp³-hybridized carbons (Fsp3) is 1.00. The molecule has 6 nitrogen and oxygen atoms in total. The van der Waals surface area contributed by atoms with Crippen molar-refractivity contribution in [2.24, 2.45) is 0 Å². The van der Waals surface area contributed by atoms with Gasteiger partial charge in [0, 0.05) is 0 Å². The fourth-order valence-corrected chi connectivity index (χ4v) is 3.63. The van der Waals surface area contributed by atoms with Crippen LogP contribution in [0.15, 0.2) is 0 Å². The predicted octanol–water partition coefficient (Wildman–Crippen LogP) is 5.28. The maximum Gasteiger partial charge on any atom is 0.0806 e. The van der Waals surface area contributed by atoms with Gasteiger partial charge >= 0.3 is 0 Å². The third kappa shape index (κ3) is 22.9. The Morgan fingerprint density at radius 2 is 0.812 bits per heavy atom. The van der Waals surface area contributed by atoms with E-state index < -0.39 is 0 Å². The Kier molecular flexibility index (Phi) is 26.8. The van der Waals surface area contributed by atoms with Gasteiger partial charge in [-0.05, 0) is 12.8 Å². The van der Waals surface area contributed by atoms with Gasteiger partial charge < -0.3 is 29.2 Å². The lowest BCUT2D eigenvalue weighted by atomic mass is 10.1. The minimum Gasteiger partial charge on any atom is -0.394 e. The molecule has 0 spiro atoms. The third-order valence-corrected chi connectivity index (χ3v) is 5.70. The molecule has 0 fully saturated rings. The van der Waals surface area contributed by atoms with Crippen LogP contribution in [0.4, 0.5) is 0 Å². The fourth-order valence-electron chi connectivity index (χ4n) is 3.63. The van der Waals surface area contributed by atoms with Gasteiger partial charge in [-0.25, -0.2) is 0 Å². The number of hydrogen-bond acceptors (Lipinski definition) is 6. The molecule has 2 unspecified atom stereocenters. The van der Waals surface area contributed by atoms with E-state index in [1.165, 1.54) is 64.2 Å². The average molecular weight is 463 g/mol. The lowest BCUT2D eigenvalue weighted by molar-refractivity contribution is -0.0455. The van der Waals surface area contributed by atoms with Gasteiger partial charge in [-0.15, -0.1) is 0 Å². The molecule has 0 aromatic rings. The van der Waals surface area contributed by atoms with Crippen molar-refractivity contribution < 1.29 is 29.2 Å². The van der Waals surface area contributed by atoms with Crippen molar-refractivity contribution in [1.82, 2.24) is 0 Å². The minimum atomic E-state index is -0.0750. The van der Waals surface area contributed by atoms with Crippen LogP contribution in [0.2, 0.25) is 0 Å². The molecule has 0 bridgehead atoms. The first kappa shape index (κ1) is 31.8. The third-order valence-electron chi connectivity index (χ3n) is 5.70. The van der Waals surface area contributed by atoms with Crippen LogP contribution in [0.5, 0.6) is 0 Å². The van der Waals surface area contributed by atoms with Crippen molar-refractivity contribution in [2.75, 3.05) is 52.9 Å². The van der Waals surface area contributed by atoms with Crippen LogP contribution in [0.1, 0.15) is 104 Å². The average Bonchev–Trinajstić information content (AvgIpc) is 2.81. The maximum absolute atomic E-state index is 9.42. The summed E-state index contributed by atoms with van der Waals surface area (Å²) in [5.41, 5.74) is 0. The number of aliphatic hydroxyl groups is 2. The van der Waals surface area contributed by atoms with Gasteiger partial charge in [0.05, 0.1) is 65.1 Å². The number of aliphatic hydroxyl groups excluding tert-OH is 2. The molecular weight excluding hydrogens is 408 g/mol. The number of ether oxygens (including phenoxy) is 4. The molecule has 0 rings (SSSR count). The van der Waals surface area contributed by atoms with Crippen LogP contribution < -0.4 is 0 Å². The molecule has 0 amide bonds. The Morgan fingerprint density at radius 3 is 1.19 bits per heavy atom. The highest BCUT2D eigenvalue weighted by atomic mass is 16.6. The van der Waals surface area contributed by atoms with E-state index in [-0.39, 0.29) is 25.4 Å². The second-order valence-electron chi connectivity index (χ2n) is 8.69. The Labute approximate surface area is 198 Å². The summed E-state index contributed by atoms with van der Waals surface area (Å²) in [6.07, 6.45) is 16.7. The number of unbranched alkanes of at least 4 members (excludes halogenated alkanes) is 10. The first-order chi connectivity index (χ1) is 15.8. The van der Waals surface area contributed by atoms with Crippen LogP contribution in [0.25, 0.3) is 0 Å². The van der Waals surface area contributed by atoms with E-state index >= 15 is 0 Å². The van der Waals surface area contributed by atoms with Gasteiger partial charge in [0.2, 0.25) is 0 Å². The smallest absolute Gasteiger partial charge is 0.0806 e. The summed E-state index contributed by atoms with van der Waals surface area (Å²) >= 11 is 0. The lowest BCUT2D eigenvalue weighted by Gasteiger charge is -2.16. The molecule has 0 aliphatic carbocycles. The van der Waals surface area contributed by atoms with Gasteiger partial charge in [0.1, 0.15) is 0 Å². The molecule has 2 N–H and O–H groups in total. The Hall–Kier alpha value is -0.240. The predicted molar refractivity (Wildman–Crippen MR) is 131 cm³/mol. The number of rotatable bonds is 27. The van der Waals surface area contributed by atoms with E-state index in [9.17, 15) is 10.2 Å². The van der Waals surface area contributed by atoms with Crippen LogP contribution in [-0.2, 0) is 18.9 Å². The Bertz CT molecular complexity index is 310. The van der Waals surface area contributed by atoms with Crippen molar-refractivity contribution in [3.8, 4) is 0 Å². The van der Waals surface area contributed by atoms with Crippen molar-refractivity contribution in [2.45, 2.75) is 116 Å². The zero-order chi connectivity index (χ0) is 23.5. The normalized spacial score (nSPS) is 13.5. The molecule has 0 aliphatic rings. The minimum absolute atomic E-state index is 0.0750. The summed E-state index contributed by atoms with van der Waals surface area (Å²) < 4.78 is 22.5. The van der Waals surface area contributed by atoms with Crippen LogP contribution >= 0.6 is 0 Å². The van der Waals surface area contributed by atoms with E-state index in [0.29, 0.717) is 39.6 Å². The molecule has 0 radical (unpaired) electrons. The molecule has 0 saturated carbocycles. The topological polar surface area (TPSA) is 77.4 Å². The quantitative estimate of drug-likeness (QED) is 0.162. The van der Waals surface area contributed by atoms with E-state index in [1.54, 1.807) is 0 Å². The van der Waals surface area contributed by atoms with Crippen molar-refractivity contribution >= 4 is 0 Å². The molecule has 0 saturated heterocycles. The number of hydrogen-bond donors (Lipinski definition) is 2. The second-order valence-corrected chi connectivity index (χ2v) is 8.69. The highest BCUT2D eigenvalue weighted by molar-refractivity contribution is 4.58. The monoisotopic (exact) mass is 462 g/mol. The summed E-state index contributed by atoms with van der Waals surface area (Å²) in [7, 11) is 0. The maximum atomic E-state index is 9.42. The van der Waals surface area contributed by atoms with Crippen LogP contribution in [0.3, 0.4) is 0 Å². The molecular formula is C26H54O6. The second kappa shape index (κ2) is 27.0. The SMILES string of the molecule is CCCCCCCCC(CO)OCCOCCOCCOC(CO)CCCCCCCC. The summed E-state index contributed by atoms with van der Waals surface area (Å²) in [6, 6.07) is 0. The molecule has 0 heterocycles. The summed E-state index contributed by atoms with van der Waals surface area (Å²) in [4.78, 5) is 0. The van der Waals surface area contributed by atoms with Crippen LogP contribution in [-0.4, -0.2) is 75.3 Å². The zero-order valence-corrected chi connectivity index (χ0v) is 21.2. The summed E-state index contributed by atoms with van der Waals surface area (Å²) in [5, 5.41) is 18.8. The summed E-state index contributed by atoms with van der Waals surface area (Å²) in [6.45, 7) is 7.67. The summed E-state index contributed by atoms with van der Waals surface area (Å²) in [5.74, 6) is 0. The highest BCUT2D eigenvalue weighted by Crippen LogP contribution is 2.11. The van der Waals surface area contributed by atoms with E-state index in [1.807, 2.05) is 0 Å². The zero-order valence-electron chi connectivity index (χ0n) is 21.2. The Balaban J connectivity index is 3.42. The highest BCUT2D eigenvalue weighted by Gasteiger charge is 2.08. The van der Waals surface area contributed by atoms with Gasteiger partial charge in [0.25, 0.3) is 0 Å². The molecule has 2 atom stereocenters. The molecule has 0 aromatic heterocycles. The Morgan fingerprint density at radius 1 is 0.469 bits per heavy atom. The first-order valence-corrected chi connectivity index (χ1v) is 13.4. The van der Waals surface area contributed by atoms with Crippen LogP contribution in [0, 0.1) is 0 Å². The standard InChI is InChI=1S/C26H54O6/c1-3-5-7-9-11-13-15-25(23-27)31-21-19-29-17-18-30-20-22-32-26(24-28)16-14-12-10-8-6-4-2/h25-28H,3-24H2,1-2H3. The van der Waals surface area contributed by atoms with Crippen molar-refractivity contribution in [3.05, 3.63) is 0 Å². The van der Waals surface area contributed by atoms with Gasteiger partial charge in [0.15, 0.2) is 0 Å². The van der Waals surface area contributed by atoms with E-state index in [0.717, 1.165) is 25.7 Å². The molecule has 0 aliphatic heterocycles. The molecule has 0 aromatic carbocycles. The first-order valence-electron chi connectivity index (χ1n) is 13.4.